The van der Waals surface area contributed by atoms with Gasteiger partial charge in [0.1, 0.15) is 17.3 Å². The largest absolute Gasteiger partial charge is 0.457 e. The number of halogens is 2. The molecule has 2 nitrogen and oxygen atoms in total. The number of hydrogen-bond acceptors (Lipinski definition) is 2. The number of benzene rings is 2. The molecule has 0 aliphatic heterocycles. The van der Waals surface area contributed by atoms with E-state index >= 15 is 0 Å². The first-order valence-corrected chi connectivity index (χ1v) is 7.29. The number of ether oxygens (including phenoxy) is 1. The van der Waals surface area contributed by atoms with Gasteiger partial charge in [-0.1, -0.05) is 31.5 Å². The van der Waals surface area contributed by atoms with Crippen molar-refractivity contribution in [3.05, 3.63) is 58.4 Å². The van der Waals surface area contributed by atoms with E-state index in [-0.39, 0.29) is 5.82 Å². The van der Waals surface area contributed by atoms with E-state index in [0.29, 0.717) is 29.1 Å². The Morgan fingerprint density at radius 2 is 1.90 bits per heavy atom. The molecule has 0 aliphatic carbocycles. The Morgan fingerprint density at radius 1 is 1.14 bits per heavy atom. The van der Waals surface area contributed by atoms with Crippen molar-refractivity contribution in [2.75, 3.05) is 0 Å². The highest BCUT2D eigenvalue weighted by Crippen LogP contribution is 2.30. The summed E-state index contributed by atoms with van der Waals surface area (Å²) in [4.78, 5) is 0. The van der Waals surface area contributed by atoms with Crippen LogP contribution in [0.25, 0.3) is 0 Å². The van der Waals surface area contributed by atoms with E-state index < -0.39 is 0 Å². The Balaban J connectivity index is 2.28. The Hall–Kier alpha value is -1.58. The third-order valence-corrected chi connectivity index (χ3v) is 3.33. The fourth-order valence-electron chi connectivity index (χ4n) is 1.90. The Bertz CT molecular complexity index is 628. The molecular weight excluding hydrogens is 289 g/mol. The first-order valence-electron chi connectivity index (χ1n) is 6.91. The maximum Gasteiger partial charge on any atom is 0.132 e. The molecule has 0 fully saturated rings. The van der Waals surface area contributed by atoms with Gasteiger partial charge >= 0.3 is 0 Å². The molecule has 0 spiro atoms. The topological polar surface area (TPSA) is 21.3 Å². The van der Waals surface area contributed by atoms with Crippen LogP contribution in [0.2, 0.25) is 5.02 Å². The molecule has 0 amide bonds. The zero-order valence-electron chi connectivity index (χ0n) is 12.4. The summed E-state index contributed by atoms with van der Waals surface area (Å²) < 4.78 is 19.4. The standard InChI is InChI=1S/C17H19ClFNO/c1-11(2)20-10-13-8-15(19)6-7-16(13)21-17-9-14(18)5-4-12(17)3/h4-9,11,20H,10H2,1-3H3. The van der Waals surface area contributed by atoms with Crippen LogP contribution in [0.15, 0.2) is 36.4 Å². The Morgan fingerprint density at radius 3 is 2.62 bits per heavy atom. The third kappa shape index (κ3) is 4.45. The van der Waals surface area contributed by atoms with E-state index in [1.54, 1.807) is 12.1 Å². The Labute approximate surface area is 129 Å². The van der Waals surface area contributed by atoms with Gasteiger partial charge in [0, 0.05) is 23.2 Å². The molecule has 0 aromatic heterocycles. The lowest BCUT2D eigenvalue weighted by molar-refractivity contribution is 0.463. The molecule has 0 aliphatic rings. The van der Waals surface area contributed by atoms with Gasteiger partial charge in [0.05, 0.1) is 0 Å². The summed E-state index contributed by atoms with van der Waals surface area (Å²) >= 11 is 6.00. The molecule has 0 unspecified atom stereocenters. The van der Waals surface area contributed by atoms with E-state index in [9.17, 15) is 4.39 Å². The van der Waals surface area contributed by atoms with Crippen LogP contribution in [-0.4, -0.2) is 6.04 Å². The van der Waals surface area contributed by atoms with E-state index in [4.69, 9.17) is 16.3 Å². The number of hydrogen-bond donors (Lipinski definition) is 1. The van der Waals surface area contributed by atoms with Gasteiger partial charge in [-0.25, -0.2) is 4.39 Å². The van der Waals surface area contributed by atoms with Gasteiger partial charge in [0.2, 0.25) is 0 Å². The lowest BCUT2D eigenvalue weighted by Gasteiger charge is -2.15. The smallest absolute Gasteiger partial charge is 0.132 e. The van der Waals surface area contributed by atoms with Gasteiger partial charge in [-0.2, -0.15) is 0 Å². The highest BCUT2D eigenvalue weighted by Gasteiger charge is 2.09. The zero-order valence-corrected chi connectivity index (χ0v) is 13.2. The highest BCUT2D eigenvalue weighted by molar-refractivity contribution is 6.30. The van der Waals surface area contributed by atoms with E-state index in [2.05, 4.69) is 5.32 Å². The predicted molar refractivity (Wildman–Crippen MR) is 84.6 cm³/mol. The van der Waals surface area contributed by atoms with Crippen LogP contribution in [0.1, 0.15) is 25.0 Å². The zero-order chi connectivity index (χ0) is 15.4. The lowest BCUT2D eigenvalue weighted by atomic mass is 10.1. The van der Waals surface area contributed by atoms with Crippen molar-refractivity contribution in [3.8, 4) is 11.5 Å². The lowest BCUT2D eigenvalue weighted by Crippen LogP contribution is -2.22. The van der Waals surface area contributed by atoms with Crippen molar-refractivity contribution in [1.82, 2.24) is 5.32 Å². The molecule has 2 rings (SSSR count). The second-order valence-electron chi connectivity index (χ2n) is 5.30. The summed E-state index contributed by atoms with van der Waals surface area (Å²) in [5.41, 5.74) is 1.76. The maximum absolute atomic E-state index is 13.4. The van der Waals surface area contributed by atoms with Crippen molar-refractivity contribution in [2.24, 2.45) is 0 Å². The predicted octanol–water partition coefficient (Wildman–Crippen LogP) is 5.08. The SMILES string of the molecule is Cc1ccc(Cl)cc1Oc1ccc(F)cc1CNC(C)C. The molecular formula is C17H19ClFNO. The van der Waals surface area contributed by atoms with Crippen molar-refractivity contribution < 1.29 is 9.13 Å². The number of aryl methyl sites for hydroxylation is 1. The molecule has 0 saturated carbocycles. The number of nitrogens with one attached hydrogen (secondary N) is 1. The average molecular weight is 308 g/mol. The van der Waals surface area contributed by atoms with Crippen LogP contribution in [-0.2, 0) is 6.54 Å². The molecule has 1 N–H and O–H groups in total. The summed E-state index contributed by atoms with van der Waals surface area (Å²) in [5.74, 6) is 1.04. The minimum Gasteiger partial charge on any atom is -0.457 e. The molecule has 0 heterocycles. The van der Waals surface area contributed by atoms with Crippen LogP contribution in [0.3, 0.4) is 0 Å². The van der Waals surface area contributed by atoms with Crippen molar-refractivity contribution in [1.29, 1.82) is 0 Å². The number of rotatable bonds is 5. The molecule has 0 atom stereocenters. The first kappa shape index (κ1) is 15.8. The van der Waals surface area contributed by atoms with Crippen LogP contribution >= 0.6 is 11.6 Å². The van der Waals surface area contributed by atoms with Gasteiger partial charge in [-0.15, -0.1) is 0 Å². The van der Waals surface area contributed by atoms with Gasteiger partial charge in [-0.05, 0) is 42.8 Å². The highest BCUT2D eigenvalue weighted by atomic mass is 35.5. The molecule has 21 heavy (non-hydrogen) atoms. The molecule has 2 aromatic rings. The van der Waals surface area contributed by atoms with E-state index in [1.807, 2.05) is 32.9 Å². The van der Waals surface area contributed by atoms with Crippen molar-refractivity contribution in [3.63, 3.8) is 0 Å². The molecule has 4 heteroatoms. The van der Waals surface area contributed by atoms with Gasteiger partial charge < -0.3 is 10.1 Å². The van der Waals surface area contributed by atoms with Crippen LogP contribution < -0.4 is 10.1 Å². The third-order valence-electron chi connectivity index (χ3n) is 3.09. The molecule has 112 valence electrons. The molecule has 0 bridgehead atoms. The van der Waals surface area contributed by atoms with E-state index in [0.717, 1.165) is 11.1 Å². The minimum atomic E-state index is -0.272. The molecule has 2 aromatic carbocycles. The monoisotopic (exact) mass is 307 g/mol. The fraction of sp³-hybridized carbons (Fsp3) is 0.294. The average Bonchev–Trinajstić information content (AvgIpc) is 2.43. The summed E-state index contributed by atoms with van der Waals surface area (Å²) in [5, 5.41) is 3.88. The minimum absolute atomic E-state index is 0.272. The second kappa shape index (κ2) is 6.92. The van der Waals surface area contributed by atoms with Crippen LogP contribution in [0.4, 0.5) is 4.39 Å². The van der Waals surface area contributed by atoms with E-state index in [1.165, 1.54) is 12.1 Å². The summed E-state index contributed by atoms with van der Waals surface area (Å²) in [6, 6.07) is 10.3. The van der Waals surface area contributed by atoms with Crippen LogP contribution in [0, 0.1) is 12.7 Å². The summed E-state index contributed by atoms with van der Waals surface area (Å²) in [6.45, 7) is 6.58. The van der Waals surface area contributed by atoms with Crippen molar-refractivity contribution >= 4 is 11.6 Å². The first-order chi connectivity index (χ1) is 9.95. The summed E-state index contributed by atoms with van der Waals surface area (Å²) in [6.07, 6.45) is 0. The van der Waals surface area contributed by atoms with Gasteiger partial charge in [0.25, 0.3) is 0 Å². The normalized spacial score (nSPS) is 11.0. The van der Waals surface area contributed by atoms with Crippen LogP contribution in [0.5, 0.6) is 11.5 Å². The second-order valence-corrected chi connectivity index (χ2v) is 5.74. The van der Waals surface area contributed by atoms with Gasteiger partial charge in [-0.3, -0.25) is 0 Å². The molecule has 0 radical (unpaired) electrons. The fourth-order valence-corrected chi connectivity index (χ4v) is 2.06. The molecule has 0 saturated heterocycles. The van der Waals surface area contributed by atoms with Crippen molar-refractivity contribution in [2.45, 2.75) is 33.4 Å². The summed E-state index contributed by atoms with van der Waals surface area (Å²) in [7, 11) is 0. The maximum atomic E-state index is 13.4. The quantitative estimate of drug-likeness (QED) is 0.832. The Kier molecular flexibility index (Phi) is 5.21. The van der Waals surface area contributed by atoms with Gasteiger partial charge in [0.15, 0.2) is 0 Å².